The van der Waals surface area contributed by atoms with Gasteiger partial charge < -0.3 is 46.6 Å². The minimum atomic E-state index is -2.32. The van der Waals surface area contributed by atoms with Gasteiger partial charge in [0.15, 0.2) is 11.1 Å². The van der Waals surface area contributed by atoms with Crippen LogP contribution in [0.4, 0.5) is 0 Å². The molecule has 0 amide bonds. The average Bonchev–Trinajstić information content (AvgIpc) is 3.94. The van der Waals surface area contributed by atoms with Gasteiger partial charge in [-0.3, -0.25) is 0 Å². The molecule has 0 spiro atoms. The fraction of sp³-hybridized carbons (Fsp3) is 0.711. The molecule has 8 N–H and O–H groups in total. The molecule has 0 radical (unpaired) electrons. The summed E-state index contributed by atoms with van der Waals surface area (Å²) >= 11 is 0. The van der Waals surface area contributed by atoms with E-state index in [-0.39, 0.29) is 92.9 Å². The fourth-order valence-corrected chi connectivity index (χ4v) is 6.74. The Hall–Kier alpha value is -3.99. The minimum absolute atomic E-state index is 0.00660. The van der Waals surface area contributed by atoms with Crippen LogP contribution < -0.4 is 22.9 Å². The van der Waals surface area contributed by atoms with Gasteiger partial charge in [0.25, 0.3) is 0 Å². The standard InChI is InChI=1S/C38H64N6O10/c1-11-27(23(7)31(45)50-14-4)26(10)53-34(48)37(41,28(12-2)24(8)32(46)51-15-5)30(19-17-21-39)54-35(49)38(42,36(43-44-36)20-18-22-40)29(13-3)25(9)33(47)52-16-6/h26,30H,11-22,39-42H2,1-10H3/b27-23+,28-24+,29-25+. The van der Waals surface area contributed by atoms with Gasteiger partial charge in [0.05, 0.1) is 19.8 Å². The number of carbonyl (C=O) groups is 5. The smallest absolute Gasteiger partial charge is 0.335 e. The summed E-state index contributed by atoms with van der Waals surface area (Å²) < 4.78 is 28.0. The number of nitrogens with zero attached hydrogens (tertiary/aromatic N) is 2. The van der Waals surface area contributed by atoms with Crippen LogP contribution in [-0.4, -0.2) is 91.7 Å². The molecule has 0 bridgehead atoms. The van der Waals surface area contributed by atoms with Gasteiger partial charge in [0.1, 0.15) is 12.2 Å². The zero-order valence-electron chi connectivity index (χ0n) is 33.9. The normalized spacial score (nSPS) is 18.0. The van der Waals surface area contributed by atoms with Crippen LogP contribution in [0.15, 0.2) is 43.7 Å². The second-order valence-corrected chi connectivity index (χ2v) is 13.0. The fourth-order valence-electron chi connectivity index (χ4n) is 6.74. The van der Waals surface area contributed by atoms with Crippen molar-refractivity contribution in [3.8, 4) is 0 Å². The Balaban J connectivity index is 4.18. The van der Waals surface area contributed by atoms with Crippen molar-refractivity contribution in [2.45, 2.75) is 143 Å². The lowest BCUT2D eigenvalue weighted by Crippen LogP contribution is -2.66. The summed E-state index contributed by atoms with van der Waals surface area (Å²) in [4.78, 5) is 68.5. The molecule has 0 fully saturated rings. The molecular weight excluding hydrogens is 700 g/mol. The lowest BCUT2D eigenvalue weighted by molar-refractivity contribution is -0.168. The summed E-state index contributed by atoms with van der Waals surface area (Å²) in [5.74, 6) is -4.15. The van der Waals surface area contributed by atoms with Crippen LogP contribution in [0.25, 0.3) is 0 Å². The first kappa shape index (κ1) is 48.0. The molecule has 1 heterocycles. The van der Waals surface area contributed by atoms with Crippen LogP contribution in [0.5, 0.6) is 0 Å². The van der Waals surface area contributed by atoms with Gasteiger partial charge in [-0.2, -0.15) is 10.2 Å². The van der Waals surface area contributed by atoms with Crippen LogP contribution in [0.1, 0.15) is 114 Å². The molecule has 0 aromatic heterocycles. The average molecular weight is 765 g/mol. The van der Waals surface area contributed by atoms with Gasteiger partial charge in [-0.05, 0) is 117 Å². The van der Waals surface area contributed by atoms with Crippen molar-refractivity contribution >= 4 is 29.8 Å². The van der Waals surface area contributed by atoms with E-state index >= 15 is 0 Å². The van der Waals surface area contributed by atoms with E-state index in [0.717, 1.165) is 0 Å². The van der Waals surface area contributed by atoms with E-state index < -0.39 is 58.8 Å². The monoisotopic (exact) mass is 764 g/mol. The quantitative estimate of drug-likeness (QED) is 0.0620. The maximum absolute atomic E-state index is 14.9. The zero-order valence-corrected chi connectivity index (χ0v) is 33.9. The highest BCUT2D eigenvalue weighted by Gasteiger charge is 2.65. The number of carbonyl (C=O) groups excluding carboxylic acids is 5. The van der Waals surface area contributed by atoms with E-state index in [2.05, 4.69) is 10.2 Å². The van der Waals surface area contributed by atoms with E-state index in [4.69, 9.17) is 46.6 Å². The lowest BCUT2D eigenvalue weighted by Gasteiger charge is -2.41. The summed E-state index contributed by atoms with van der Waals surface area (Å²) in [5.41, 5.74) is 21.0. The molecule has 0 aromatic carbocycles. The third kappa shape index (κ3) is 10.6. The number of esters is 5. The SMILES string of the molecule is CCOC(=O)/C(C)=C(\CC)C(C)OC(=O)C(N)(/C(CC)=C(\C)C(=O)OCC)C(CCCN)OC(=O)C(N)(/C(CC)=C(\C)C(=O)OCC)C1(CCCN)N=N1. The van der Waals surface area contributed by atoms with Crippen LogP contribution in [0.3, 0.4) is 0 Å². The molecule has 0 aromatic rings. The number of hydrogen-bond donors (Lipinski definition) is 4. The van der Waals surface area contributed by atoms with E-state index in [0.29, 0.717) is 18.4 Å². The Morgan fingerprint density at radius 3 is 1.52 bits per heavy atom. The van der Waals surface area contributed by atoms with Gasteiger partial charge in [0.2, 0.25) is 5.66 Å². The Kier molecular flexibility index (Phi) is 19.4. The molecule has 4 unspecified atom stereocenters. The number of ether oxygens (including phenoxy) is 5. The predicted octanol–water partition coefficient (Wildman–Crippen LogP) is 3.73. The summed E-state index contributed by atoms with van der Waals surface area (Å²) in [6.45, 7) is 16.8. The van der Waals surface area contributed by atoms with Gasteiger partial charge in [-0.15, -0.1) is 0 Å². The Morgan fingerprint density at radius 2 is 1.11 bits per heavy atom. The first-order valence-corrected chi connectivity index (χ1v) is 18.9. The highest BCUT2D eigenvalue weighted by atomic mass is 16.6. The Labute approximate surface area is 319 Å². The molecule has 1 aliphatic heterocycles. The number of nitrogens with two attached hydrogens (primary N) is 4. The van der Waals surface area contributed by atoms with Gasteiger partial charge in [0, 0.05) is 23.1 Å². The molecule has 0 saturated carbocycles. The first-order chi connectivity index (χ1) is 25.4. The first-order valence-electron chi connectivity index (χ1n) is 18.9. The van der Waals surface area contributed by atoms with Crippen molar-refractivity contribution in [3.63, 3.8) is 0 Å². The summed E-state index contributed by atoms with van der Waals surface area (Å²) in [7, 11) is 0. The Morgan fingerprint density at radius 1 is 0.648 bits per heavy atom. The molecule has 1 rings (SSSR count). The predicted molar refractivity (Wildman–Crippen MR) is 202 cm³/mol. The largest absolute Gasteiger partial charge is 0.463 e. The van der Waals surface area contributed by atoms with Crippen LogP contribution in [-0.2, 0) is 47.7 Å². The van der Waals surface area contributed by atoms with Crippen molar-refractivity contribution < 1.29 is 47.7 Å². The second kappa shape index (κ2) is 21.8. The molecule has 54 heavy (non-hydrogen) atoms. The van der Waals surface area contributed by atoms with E-state index in [1.807, 2.05) is 0 Å². The van der Waals surface area contributed by atoms with Crippen molar-refractivity contribution in [1.29, 1.82) is 0 Å². The number of rotatable bonds is 24. The molecule has 4 atom stereocenters. The molecule has 1 aliphatic rings. The molecule has 16 nitrogen and oxygen atoms in total. The van der Waals surface area contributed by atoms with Gasteiger partial charge >= 0.3 is 29.8 Å². The van der Waals surface area contributed by atoms with Gasteiger partial charge in [-0.25, -0.2) is 24.0 Å². The molecule has 0 aliphatic carbocycles. The van der Waals surface area contributed by atoms with E-state index in [1.54, 1.807) is 55.4 Å². The number of hydrogen-bond acceptors (Lipinski definition) is 16. The van der Waals surface area contributed by atoms with Crippen molar-refractivity contribution in [1.82, 2.24) is 0 Å². The van der Waals surface area contributed by atoms with Gasteiger partial charge in [-0.1, -0.05) is 20.8 Å². The second-order valence-electron chi connectivity index (χ2n) is 13.0. The summed E-state index contributed by atoms with van der Waals surface area (Å²) in [5, 5.41) is 8.45. The van der Waals surface area contributed by atoms with E-state index in [1.165, 1.54) is 13.8 Å². The minimum Gasteiger partial charge on any atom is -0.463 e. The maximum Gasteiger partial charge on any atom is 0.335 e. The lowest BCUT2D eigenvalue weighted by atomic mass is 9.74. The third-order valence-electron chi connectivity index (χ3n) is 9.76. The third-order valence-corrected chi connectivity index (χ3v) is 9.76. The maximum atomic E-state index is 14.9. The van der Waals surface area contributed by atoms with Crippen molar-refractivity contribution in [3.05, 3.63) is 33.4 Å². The molecule has 306 valence electrons. The van der Waals surface area contributed by atoms with Crippen molar-refractivity contribution in [2.24, 2.45) is 33.2 Å². The summed E-state index contributed by atoms with van der Waals surface area (Å²) in [6.07, 6.45) is -1.45. The highest BCUT2D eigenvalue weighted by Crippen LogP contribution is 2.48. The van der Waals surface area contributed by atoms with Crippen LogP contribution in [0, 0.1) is 0 Å². The zero-order chi connectivity index (χ0) is 41.4. The summed E-state index contributed by atoms with van der Waals surface area (Å²) in [6, 6.07) is 0. The van der Waals surface area contributed by atoms with Crippen LogP contribution in [0.2, 0.25) is 0 Å². The van der Waals surface area contributed by atoms with Crippen molar-refractivity contribution in [2.75, 3.05) is 32.9 Å². The molecule has 0 saturated heterocycles. The molecule has 16 heteroatoms. The Bertz CT molecular complexity index is 1480. The highest BCUT2D eigenvalue weighted by molar-refractivity contribution is 5.96. The molecular formula is C38H64N6O10. The van der Waals surface area contributed by atoms with E-state index in [9.17, 15) is 24.0 Å². The van der Waals surface area contributed by atoms with Crippen LogP contribution >= 0.6 is 0 Å². The topological polar surface area (TPSA) is 260 Å².